The van der Waals surface area contributed by atoms with E-state index in [9.17, 15) is 4.79 Å². The van der Waals surface area contributed by atoms with Gasteiger partial charge in [0, 0.05) is 17.9 Å². The van der Waals surface area contributed by atoms with Crippen molar-refractivity contribution in [2.24, 2.45) is 5.92 Å². The van der Waals surface area contributed by atoms with Crippen molar-refractivity contribution in [2.75, 3.05) is 24.2 Å². The number of carbonyl (C=O) groups is 1. The molecule has 3 N–H and O–H groups in total. The third kappa shape index (κ3) is 3.63. The normalized spacial score (nSPS) is 15.4. The molecule has 0 saturated heterocycles. The number of anilines is 2. The third-order valence-electron chi connectivity index (χ3n) is 3.62. The Morgan fingerprint density at radius 2 is 2.16 bits per heavy atom. The van der Waals surface area contributed by atoms with Gasteiger partial charge < -0.3 is 15.8 Å². The molecule has 1 aliphatic rings. The van der Waals surface area contributed by atoms with Crippen LogP contribution in [-0.2, 0) is 4.74 Å². The molecule has 0 amide bonds. The highest BCUT2D eigenvalue weighted by atomic mass is 16.5. The molecule has 0 atom stereocenters. The van der Waals surface area contributed by atoms with Crippen molar-refractivity contribution in [1.82, 2.24) is 0 Å². The van der Waals surface area contributed by atoms with Gasteiger partial charge in [-0.3, -0.25) is 0 Å². The summed E-state index contributed by atoms with van der Waals surface area (Å²) in [6.07, 6.45) is 5.27. The monoisotopic (exact) mass is 262 g/mol. The largest absolute Gasteiger partial charge is 0.462 e. The number of carbonyl (C=O) groups excluding carboxylic acids is 1. The minimum atomic E-state index is -0.357. The van der Waals surface area contributed by atoms with Crippen LogP contribution in [0.25, 0.3) is 0 Å². The zero-order valence-electron chi connectivity index (χ0n) is 11.4. The molecule has 0 spiro atoms. The Hall–Kier alpha value is -1.71. The summed E-state index contributed by atoms with van der Waals surface area (Å²) in [6, 6.07) is 5.44. The van der Waals surface area contributed by atoms with Gasteiger partial charge in [-0.1, -0.05) is 12.8 Å². The lowest BCUT2D eigenvalue weighted by molar-refractivity contribution is 0.0527. The lowest BCUT2D eigenvalue weighted by atomic mass is 10.1. The number of nitrogens with one attached hydrogen (secondary N) is 1. The fourth-order valence-electron chi connectivity index (χ4n) is 2.53. The maximum Gasteiger partial charge on any atom is 0.340 e. The van der Waals surface area contributed by atoms with E-state index in [0.717, 1.165) is 18.2 Å². The molecule has 0 bridgehead atoms. The van der Waals surface area contributed by atoms with Crippen LogP contribution in [0.3, 0.4) is 0 Å². The summed E-state index contributed by atoms with van der Waals surface area (Å²) in [5.74, 6) is 0.396. The van der Waals surface area contributed by atoms with Gasteiger partial charge in [-0.05, 0) is 43.9 Å². The molecule has 1 saturated carbocycles. The zero-order valence-corrected chi connectivity index (χ0v) is 11.4. The molecule has 0 heterocycles. The van der Waals surface area contributed by atoms with E-state index in [-0.39, 0.29) is 5.97 Å². The molecule has 104 valence electrons. The van der Waals surface area contributed by atoms with Crippen molar-refractivity contribution in [3.05, 3.63) is 23.8 Å². The molecule has 4 heteroatoms. The molecule has 1 aromatic carbocycles. The molecule has 2 rings (SSSR count). The van der Waals surface area contributed by atoms with Gasteiger partial charge in [0.2, 0.25) is 0 Å². The van der Waals surface area contributed by atoms with Crippen molar-refractivity contribution in [1.29, 1.82) is 0 Å². The average molecular weight is 262 g/mol. The Labute approximate surface area is 114 Å². The summed E-state index contributed by atoms with van der Waals surface area (Å²) in [5.41, 5.74) is 7.65. The Balaban J connectivity index is 2.00. The quantitative estimate of drug-likeness (QED) is 0.632. The van der Waals surface area contributed by atoms with Gasteiger partial charge in [0.1, 0.15) is 0 Å². The zero-order chi connectivity index (χ0) is 13.7. The van der Waals surface area contributed by atoms with Crippen LogP contribution >= 0.6 is 0 Å². The number of hydrogen-bond donors (Lipinski definition) is 2. The van der Waals surface area contributed by atoms with Crippen LogP contribution in [0.4, 0.5) is 11.4 Å². The number of ether oxygens (including phenoxy) is 1. The molecule has 0 aliphatic heterocycles. The predicted octanol–water partition coefficient (Wildman–Crippen LogP) is 3.05. The van der Waals surface area contributed by atoms with Crippen LogP contribution in [-0.4, -0.2) is 19.1 Å². The first-order valence-electron chi connectivity index (χ1n) is 7.01. The highest BCUT2D eigenvalue weighted by molar-refractivity contribution is 5.96. The van der Waals surface area contributed by atoms with Crippen molar-refractivity contribution in [3.8, 4) is 0 Å². The summed E-state index contributed by atoms with van der Waals surface area (Å²) in [6.45, 7) is 3.11. The molecule has 19 heavy (non-hydrogen) atoms. The van der Waals surface area contributed by atoms with Crippen molar-refractivity contribution in [2.45, 2.75) is 32.6 Å². The number of hydrogen-bond acceptors (Lipinski definition) is 4. The smallest absolute Gasteiger partial charge is 0.340 e. The Morgan fingerprint density at radius 1 is 1.42 bits per heavy atom. The Kier molecular flexibility index (Phi) is 4.66. The maximum absolute atomic E-state index is 11.7. The number of nitrogens with two attached hydrogens (primary N) is 1. The van der Waals surface area contributed by atoms with Crippen LogP contribution in [0, 0.1) is 5.92 Å². The van der Waals surface area contributed by atoms with E-state index in [1.807, 2.05) is 6.07 Å². The van der Waals surface area contributed by atoms with E-state index in [1.54, 1.807) is 19.1 Å². The molecule has 0 unspecified atom stereocenters. The van der Waals surface area contributed by atoms with Gasteiger partial charge >= 0.3 is 5.97 Å². The molecule has 4 nitrogen and oxygen atoms in total. The second kappa shape index (κ2) is 6.45. The maximum atomic E-state index is 11.7. The Bertz CT molecular complexity index is 440. The number of benzene rings is 1. The minimum absolute atomic E-state index is 0.357. The first kappa shape index (κ1) is 13.7. The van der Waals surface area contributed by atoms with Gasteiger partial charge in [0.15, 0.2) is 0 Å². The lowest BCUT2D eigenvalue weighted by Crippen LogP contribution is -2.13. The highest BCUT2D eigenvalue weighted by Crippen LogP contribution is 2.25. The molecule has 0 aromatic heterocycles. The fourth-order valence-corrected chi connectivity index (χ4v) is 2.53. The molecule has 0 radical (unpaired) electrons. The SMILES string of the molecule is CCOC(=O)c1cc(NCC2CCCC2)ccc1N. The lowest BCUT2D eigenvalue weighted by Gasteiger charge is -2.13. The predicted molar refractivity (Wildman–Crippen MR) is 77.3 cm³/mol. The summed E-state index contributed by atoms with van der Waals surface area (Å²) >= 11 is 0. The molecule has 1 aliphatic carbocycles. The van der Waals surface area contributed by atoms with E-state index >= 15 is 0 Å². The van der Waals surface area contributed by atoms with E-state index in [0.29, 0.717) is 17.9 Å². The number of rotatable bonds is 5. The molecule has 1 fully saturated rings. The van der Waals surface area contributed by atoms with Crippen LogP contribution in [0.2, 0.25) is 0 Å². The summed E-state index contributed by atoms with van der Waals surface area (Å²) < 4.78 is 4.99. The number of nitrogen functional groups attached to an aromatic ring is 1. The minimum Gasteiger partial charge on any atom is -0.462 e. The first-order chi connectivity index (χ1) is 9.20. The van der Waals surface area contributed by atoms with E-state index in [1.165, 1.54) is 25.7 Å². The van der Waals surface area contributed by atoms with Gasteiger partial charge in [0.05, 0.1) is 12.2 Å². The highest BCUT2D eigenvalue weighted by Gasteiger charge is 2.15. The van der Waals surface area contributed by atoms with Crippen molar-refractivity contribution in [3.63, 3.8) is 0 Å². The summed E-state index contributed by atoms with van der Waals surface area (Å²) in [7, 11) is 0. The topological polar surface area (TPSA) is 64.3 Å². The standard InChI is InChI=1S/C15H22N2O2/c1-2-19-15(18)13-9-12(7-8-14(13)16)17-10-11-5-3-4-6-11/h7-9,11,17H,2-6,10,16H2,1H3. The van der Waals surface area contributed by atoms with E-state index in [4.69, 9.17) is 10.5 Å². The van der Waals surface area contributed by atoms with Crippen LogP contribution in [0.1, 0.15) is 43.0 Å². The third-order valence-corrected chi connectivity index (χ3v) is 3.62. The second-order valence-corrected chi connectivity index (χ2v) is 5.05. The summed E-state index contributed by atoms with van der Waals surface area (Å²) in [5, 5.41) is 3.39. The number of esters is 1. The van der Waals surface area contributed by atoms with Gasteiger partial charge in [-0.15, -0.1) is 0 Å². The van der Waals surface area contributed by atoms with Crippen molar-refractivity contribution < 1.29 is 9.53 Å². The van der Waals surface area contributed by atoms with E-state index < -0.39 is 0 Å². The van der Waals surface area contributed by atoms with E-state index in [2.05, 4.69) is 5.32 Å². The van der Waals surface area contributed by atoms with Crippen molar-refractivity contribution >= 4 is 17.3 Å². The fraction of sp³-hybridized carbons (Fsp3) is 0.533. The van der Waals surface area contributed by atoms with Gasteiger partial charge in [0.25, 0.3) is 0 Å². The molecular formula is C15H22N2O2. The molecule has 1 aromatic rings. The van der Waals surface area contributed by atoms with Crippen LogP contribution in [0.5, 0.6) is 0 Å². The second-order valence-electron chi connectivity index (χ2n) is 5.05. The van der Waals surface area contributed by atoms with Crippen LogP contribution < -0.4 is 11.1 Å². The van der Waals surface area contributed by atoms with Gasteiger partial charge in [-0.2, -0.15) is 0 Å². The summed E-state index contributed by atoms with van der Waals surface area (Å²) in [4.78, 5) is 11.7. The molecular weight excluding hydrogens is 240 g/mol. The van der Waals surface area contributed by atoms with Gasteiger partial charge in [-0.25, -0.2) is 4.79 Å². The van der Waals surface area contributed by atoms with Crippen LogP contribution in [0.15, 0.2) is 18.2 Å². The Morgan fingerprint density at radius 3 is 2.84 bits per heavy atom. The average Bonchev–Trinajstić information content (AvgIpc) is 2.91. The first-order valence-corrected chi connectivity index (χ1v) is 7.01.